The van der Waals surface area contributed by atoms with Gasteiger partial charge in [0.05, 0.1) is 12.1 Å². The number of hydrogen-bond donors (Lipinski definition) is 2. The number of aromatic nitrogens is 1. The Balaban J connectivity index is 0.00000243. The van der Waals surface area contributed by atoms with E-state index >= 15 is 0 Å². The maximum atomic E-state index is 12.0. The molecule has 1 aromatic heterocycles. The highest BCUT2D eigenvalue weighted by Crippen LogP contribution is 2.20. The fraction of sp³-hybridized carbons (Fsp3) is 0.444. The number of hydrogen-bond acceptors (Lipinski definition) is 5. The Labute approximate surface area is 164 Å². The minimum atomic E-state index is -0.0312. The predicted octanol–water partition coefficient (Wildman–Crippen LogP) is 2.37. The highest BCUT2D eigenvalue weighted by molar-refractivity contribution is 6.30. The number of halogens is 2. The molecule has 8 heteroatoms. The highest BCUT2D eigenvalue weighted by atomic mass is 35.5. The van der Waals surface area contributed by atoms with Gasteiger partial charge in [-0.3, -0.25) is 4.79 Å². The molecule has 0 unspecified atom stereocenters. The van der Waals surface area contributed by atoms with E-state index in [1.54, 1.807) is 12.1 Å². The van der Waals surface area contributed by atoms with Crippen molar-refractivity contribution in [2.45, 2.75) is 12.8 Å². The largest absolute Gasteiger partial charge is 0.444 e. The van der Waals surface area contributed by atoms with E-state index < -0.39 is 0 Å². The zero-order valence-electron chi connectivity index (χ0n) is 14.5. The van der Waals surface area contributed by atoms with Crippen LogP contribution in [-0.2, 0) is 11.2 Å². The van der Waals surface area contributed by atoms with E-state index in [-0.39, 0.29) is 24.7 Å². The van der Waals surface area contributed by atoms with Crippen LogP contribution in [0.1, 0.15) is 12.1 Å². The Morgan fingerprint density at radius 3 is 2.73 bits per heavy atom. The number of piperazine rings is 1. The lowest BCUT2D eigenvalue weighted by molar-refractivity contribution is -0.120. The van der Waals surface area contributed by atoms with Crippen LogP contribution in [0.25, 0.3) is 11.5 Å². The SMILES string of the molecule is Cl.O=C(Cc1coc(-c2ccc(Cl)cc2)n1)NCCCN1CCNCC1. The molecule has 0 radical (unpaired) electrons. The molecule has 3 rings (SSSR count). The molecule has 1 aliphatic rings. The van der Waals surface area contributed by atoms with Crippen LogP contribution in [0.2, 0.25) is 5.02 Å². The van der Waals surface area contributed by atoms with Gasteiger partial charge < -0.3 is 20.0 Å². The van der Waals surface area contributed by atoms with E-state index in [2.05, 4.69) is 20.5 Å². The fourth-order valence-electron chi connectivity index (χ4n) is 2.81. The molecule has 1 fully saturated rings. The molecule has 142 valence electrons. The third-order valence-corrected chi connectivity index (χ3v) is 4.42. The highest BCUT2D eigenvalue weighted by Gasteiger charge is 2.11. The first-order chi connectivity index (χ1) is 12.2. The van der Waals surface area contributed by atoms with Crippen molar-refractivity contribution < 1.29 is 9.21 Å². The van der Waals surface area contributed by atoms with Crippen molar-refractivity contribution >= 4 is 29.9 Å². The Hall–Kier alpha value is -1.60. The van der Waals surface area contributed by atoms with Gasteiger partial charge >= 0.3 is 0 Å². The minimum Gasteiger partial charge on any atom is -0.444 e. The summed E-state index contributed by atoms with van der Waals surface area (Å²) >= 11 is 5.87. The number of carbonyl (C=O) groups excluding carboxylic acids is 1. The average Bonchev–Trinajstić information content (AvgIpc) is 3.09. The van der Waals surface area contributed by atoms with Crippen molar-refractivity contribution in [3.8, 4) is 11.5 Å². The van der Waals surface area contributed by atoms with Crippen molar-refractivity contribution in [3.05, 3.63) is 41.2 Å². The van der Waals surface area contributed by atoms with Crippen LogP contribution in [0.4, 0.5) is 0 Å². The Kier molecular flexibility index (Phi) is 8.38. The van der Waals surface area contributed by atoms with Crippen LogP contribution >= 0.6 is 24.0 Å². The van der Waals surface area contributed by atoms with Gasteiger partial charge in [-0.25, -0.2) is 4.98 Å². The van der Waals surface area contributed by atoms with Gasteiger partial charge in [0.1, 0.15) is 6.26 Å². The summed E-state index contributed by atoms with van der Waals surface area (Å²) < 4.78 is 5.45. The van der Waals surface area contributed by atoms with Gasteiger partial charge in [-0.1, -0.05) is 11.6 Å². The van der Waals surface area contributed by atoms with Crippen molar-refractivity contribution in [2.75, 3.05) is 39.3 Å². The van der Waals surface area contributed by atoms with Crippen LogP contribution in [0, 0.1) is 0 Å². The number of nitrogens with one attached hydrogen (secondary N) is 2. The molecule has 26 heavy (non-hydrogen) atoms. The summed E-state index contributed by atoms with van der Waals surface area (Å²) in [5.74, 6) is 0.467. The summed E-state index contributed by atoms with van der Waals surface area (Å²) in [6.07, 6.45) is 2.72. The smallest absolute Gasteiger partial charge is 0.226 e. The van der Waals surface area contributed by atoms with Gasteiger partial charge in [-0.15, -0.1) is 12.4 Å². The summed E-state index contributed by atoms with van der Waals surface area (Å²) in [4.78, 5) is 18.8. The van der Waals surface area contributed by atoms with E-state index in [0.717, 1.165) is 44.7 Å². The standard InChI is InChI=1S/C18H23ClN4O2.ClH/c19-15-4-2-14(3-5-15)18-22-16(13-25-18)12-17(24)21-6-1-9-23-10-7-20-8-11-23;/h2-5,13,20H,1,6-12H2,(H,21,24);1H. The van der Waals surface area contributed by atoms with Crippen molar-refractivity contribution in [2.24, 2.45) is 0 Å². The van der Waals surface area contributed by atoms with E-state index in [4.69, 9.17) is 16.0 Å². The third-order valence-electron chi connectivity index (χ3n) is 4.17. The predicted molar refractivity (Wildman–Crippen MR) is 105 cm³/mol. The van der Waals surface area contributed by atoms with Crippen LogP contribution in [-0.4, -0.2) is 55.1 Å². The minimum absolute atomic E-state index is 0. The number of oxazole rings is 1. The molecule has 1 aliphatic heterocycles. The molecule has 0 bridgehead atoms. The monoisotopic (exact) mass is 398 g/mol. The van der Waals surface area contributed by atoms with Gasteiger partial charge in [0.2, 0.25) is 11.8 Å². The molecule has 1 amide bonds. The number of benzene rings is 1. The lowest BCUT2D eigenvalue weighted by Gasteiger charge is -2.27. The number of nitrogens with zero attached hydrogens (tertiary/aromatic N) is 2. The second-order valence-electron chi connectivity index (χ2n) is 6.12. The van der Waals surface area contributed by atoms with Gasteiger partial charge in [0.15, 0.2) is 0 Å². The normalized spacial score (nSPS) is 14.7. The molecule has 0 aliphatic carbocycles. The molecule has 0 atom stereocenters. The lowest BCUT2D eigenvalue weighted by atomic mass is 10.2. The summed E-state index contributed by atoms with van der Waals surface area (Å²) in [5.41, 5.74) is 1.47. The first-order valence-corrected chi connectivity index (χ1v) is 8.98. The van der Waals surface area contributed by atoms with Crippen LogP contribution in [0.3, 0.4) is 0 Å². The number of amides is 1. The number of rotatable bonds is 7. The lowest BCUT2D eigenvalue weighted by Crippen LogP contribution is -2.44. The van der Waals surface area contributed by atoms with Crippen molar-refractivity contribution in [3.63, 3.8) is 0 Å². The fourth-order valence-corrected chi connectivity index (χ4v) is 2.93. The molecule has 1 saturated heterocycles. The van der Waals surface area contributed by atoms with Crippen LogP contribution in [0.5, 0.6) is 0 Å². The second kappa shape index (κ2) is 10.5. The Morgan fingerprint density at radius 1 is 1.27 bits per heavy atom. The summed E-state index contributed by atoms with van der Waals surface area (Å²) in [6.45, 7) is 5.97. The zero-order valence-corrected chi connectivity index (χ0v) is 16.1. The maximum Gasteiger partial charge on any atom is 0.226 e. The van der Waals surface area contributed by atoms with Crippen molar-refractivity contribution in [1.82, 2.24) is 20.5 Å². The van der Waals surface area contributed by atoms with E-state index in [0.29, 0.717) is 23.2 Å². The molecule has 2 aromatic rings. The van der Waals surface area contributed by atoms with Gasteiger partial charge in [-0.05, 0) is 37.2 Å². The van der Waals surface area contributed by atoms with Crippen LogP contribution < -0.4 is 10.6 Å². The molecule has 0 spiro atoms. The van der Waals surface area contributed by atoms with Crippen LogP contribution in [0.15, 0.2) is 34.9 Å². The zero-order chi connectivity index (χ0) is 17.5. The quantitative estimate of drug-likeness (QED) is 0.700. The molecule has 2 heterocycles. The molecular formula is C18H24Cl2N4O2. The van der Waals surface area contributed by atoms with Gasteiger partial charge in [0.25, 0.3) is 0 Å². The topological polar surface area (TPSA) is 70.4 Å². The molecular weight excluding hydrogens is 375 g/mol. The first-order valence-electron chi connectivity index (χ1n) is 8.61. The number of carbonyl (C=O) groups is 1. The Bertz CT molecular complexity index is 685. The summed E-state index contributed by atoms with van der Waals surface area (Å²) in [6, 6.07) is 7.25. The van der Waals surface area contributed by atoms with E-state index in [9.17, 15) is 4.79 Å². The summed E-state index contributed by atoms with van der Waals surface area (Å²) in [7, 11) is 0. The maximum absolute atomic E-state index is 12.0. The second-order valence-corrected chi connectivity index (χ2v) is 6.56. The molecule has 6 nitrogen and oxygen atoms in total. The Morgan fingerprint density at radius 2 is 2.00 bits per heavy atom. The van der Waals surface area contributed by atoms with Crippen molar-refractivity contribution in [1.29, 1.82) is 0 Å². The van der Waals surface area contributed by atoms with Gasteiger partial charge in [0, 0.05) is 43.3 Å². The van der Waals surface area contributed by atoms with E-state index in [1.807, 2.05) is 12.1 Å². The first kappa shape index (κ1) is 20.7. The molecule has 2 N–H and O–H groups in total. The van der Waals surface area contributed by atoms with E-state index in [1.165, 1.54) is 6.26 Å². The third kappa shape index (κ3) is 6.29. The van der Waals surface area contributed by atoms with Gasteiger partial charge in [-0.2, -0.15) is 0 Å². The average molecular weight is 399 g/mol. The molecule has 0 saturated carbocycles. The summed E-state index contributed by atoms with van der Waals surface area (Å²) in [5, 5.41) is 6.94. The molecule has 1 aromatic carbocycles.